The van der Waals surface area contributed by atoms with Crippen molar-refractivity contribution in [3.8, 4) is 11.3 Å². The summed E-state index contributed by atoms with van der Waals surface area (Å²) in [5.74, 6) is -0.0477. The predicted octanol–water partition coefficient (Wildman–Crippen LogP) is 2.89. The fraction of sp³-hybridized carbons (Fsp3) is 0.167. The van der Waals surface area contributed by atoms with Gasteiger partial charge in [0.2, 0.25) is 5.82 Å². The van der Waals surface area contributed by atoms with E-state index < -0.39 is 5.97 Å². The van der Waals surface area contributed by atoms with Gasteiger partial charge in [0.25, 0.3) is 0 Å². The van der Waals surface area contributed by atoms with Gasteiger partial charge in [0.15, 0.2) is 0 Å². The fourth-order valence-corrected chi connectivity index (χ4v) is 2.14. The van der Waals surface area contributed by atoms with Crippen LogP contribution in [0.5, 0.6) is 0 Å². The van der Waals surface area contributed by atoms with Gasteiger partial charge in [0.1, 0.15) is 0 Å². The molecule has 0 unspecified atom stereocenters. The van der Waals surface area contributed by atoms with E-state index in [1.165, 1.54) is 11.1 Å². The van der Waals surface area contributed by atoms with Gasteiger partial charge in [-0.05, 0) is 23.4 Å². The Morgan fingerprint density at radius 2 is 2.12 bits per heavy atom. The maximum absolute atomic E-state index is 10.7. The molecule has 0 aliphatic carbocycles. The zero-order valence-electron chi connectivity index (χ0n) is 9.30. The van der Waals surface area contributed by atoms with Crippen LogP contribution in [0.4, 0.5) is 0 Å². The van der Waals surface area contributed by atoms with Gasteiger partial charge in [-0.15, -0.1) is 11.8 Å². The smallest absolute Gasteiger partial charge is 0.371 e. The maximum Gasteiger partial charge on any atom is 0.371 e. The Labute approximate surface area is 103 Å². The van der Waals surface area contributed by atoms with Gasteiger partial charge < -0.3 is 10.1 Å². The van der Waals surface area contributed by atoms with Crippen LogP contribution in [0.3, 0.4) is 0 Å². The van der Waals surface area contributed by atoms with Crippen LogP contribution >= 0.6 is 11.8 Å². The average Bonchev–Trinajstić information content (AvgIpc) is 2.80. The molecule has 88 valence electrons. The van der Waals surface area contributed by atoms with Crippen LogP contribution in [-0.2, 0) is 0 Å². The Bertz CT molecular complexity index is 520. The fourth-order valence-electron chi connectivity index (χ4n) is 1.47. The topological polar surface area (TPSA) is 66.0 Å². The molecule has 17 heavy (non-hydrogen) atoms. The van der Waals surface area contributed by atoms with Crippen molar-refractivity contribution in [2.24, 2.45) is 0 Å². The molecular weight excluding hydrogens is 236 g/mol. The maximum atomic E-state index is 10.7. The number of H-pyrrole nitrogens is 1. The highest BCUT2D eigenvalue weighted by atomic mass is 32.2. The molecule has 0 saturated heterocycles. The SMILES string of the molecule is CCSc1ccc(-c2cnc(C(=O)O)[nH]2)cc1. The van der Waals surface area contributed by atoms with Gasteiger partial charge in [0, 0.05) is 4.90 Å². The van der Waals surface area contributed by atoms with Crippen molar-refractivity contribution in [2.75, 3.05) is 5.75 Å². The van der Waals surface area contributed by atoms with E-state index in [9.17, 15) is 4.79 Å². The van der Waals surface area contributed by atoms with Crippen LogP contribution in [0.2, 0.25) is 0 Å². The van der Waals surface area contributed by atoms with Crippen LogP contribution < -0.4 is 0 Å². The van der Waals surface area contributed by atoms with Crippen LogP contribution in [0.25, 0.3) is 11.3 Å². The van der Waals surface area contributed by atoms with E-state index in [-0.39, 0.29) is 5.82 Å². The monoisotopic (exact) mass is 248 g/mol. The highest BCUT2D eigenvalue weighted by Crippen LogP contribution is 2.22. The number of hydrogen-bond donors (Lipinski definition) is 2. The lowest BCUT2D eigenvalue weighted by Gasteiger charge is -2.00. The summed E-state index contributed by atoms with van der Waals surface area (Å²) in [5, 5.41) is 8.76. The number of carboxylic acid groups (broad SMARTS) is 1. The summed E-state index contributed by atoms with van der Waals surface area (Å²) in [4.78, 5) is 18.4. The minimum Gasteiger partial charge on any atom is -0.475 e. The first-order valence-corrected chi connectivity index (χ1v) is 6.21. The van der Waals surface area contributed by atoms with Crippen molar-refractivity contribution in [3.63, 3.8) is 0 Å². The third-order valence-corrected chi connectivity index (χ3v) is 3.15. The molecule has 0 atom stereocenters. The second kappa shape index (κ2) is 5.05. The van der Waals surface area contributed by atoms with Crippen molar-refractivity contribution in [3.05, 3.63) is 36.3 Å². The Kier molecular flexibility index (Phi) is 3.49. The van der Waals surface area contributed by atoms with E-state index in [1.54, 1.807) is 11.8 Å². The first-order chi connectivity index (χ1) is 8.20. The molecule has 1 heterocycles. The first kappa shape index (κ1) is 11.7. The Morgan fingerprint density at radius 3 is 2.65 bits per heavy atom. The van der Waals surface area contributed by atoms with Gasteiger partial charge in [-0.25, -0.2) is 9.78 Å². The summed E-state index contributed by atoms with van der Waals surface area (Å²) >= 11 is 1.77. The minimum atomic E-state index is -1.05. The zero-order valence-corrected chi connectivity index (χ0v) is 10.1. The molecule has 0 fully saturated rings. The number of carboxylic acids is 1. The van der Waals surface area contributed by atoms with Gasteiger partial charge >= 0.3 is 5.97 Å². The van der Waals surface area contributed by atoms with Crippen LogP contribution in [0.1, 0.15) is 17.5 Å². The summed E-state index contributed by atoms with van der Waals surface area (Å²) in [6.45, 7) is 2.10. The third-order valence-electron chi connectivity index (χ3n) is 2.25. The minimum absolute atomic E-state index is 0.0352. The lowest BCUT2D eigenvalue weighted by atomic mass is 10.2. The largest absolute Gasteiger partial charge is 0.475 e. The number of thioether (sulfide) groups is 1. The molecule has 1 aromatic heterocycles. The van der Waals surface area contributed by atoms with E-state index >= 15 is 0 Å². The molecule has 2 rings (SSSR count). The van der Waals surface area contributed by atoms with Crippen molar-refractivity contribution in [2.45, 2.75) is 11.8 Å². The Hall–Kier alpha value is -1.75. The molecule has 0 bridgehead atoms. The summed E-state index contributed by atoms with van der Waals surface area (Å²) in [6, 6.07) is 7.95. The zero-order chi connectivity index (χ0) is 12.3. The number of aromatic carboxylic acids is 1. The molecule has 0 aliphatic heterocycles. The highest BCUT2D eigenvalue weighted by molar-refractivity contribution is 7.99. The highest BCUT2D eigenvalue weighted by Gasteiger charge is 2.08. The van der Waals surface area contributed by atoms with Crippen molar-refractivity contribution < 1.29 is 9.90 Å². The molecule has 4 nitrogen and oxygen atoms in total. The molecule has 2 aromatic rings. The molecular formula is C12H12N2O2S. The predicted molar refractivity (Wildman–Crippen MR) is 67.4 cm³/mol. The molecule has 5 heteroatoms. The number of aromatic nitrogens is 2. The van der Waals surface area contributed by atoms with Gasteiger partial charge in [-0.2, -0.15) is 0 Å². The number of aromatic amines is 1. The van der Waals surface area contributed by atoms with Gasteiger partial charge in [-0.1, -0.05) is 19.1 Å². The Morgan fingerprint density at radius 1 is 1.41 bits per heavy atom. The number of imidazole rings is 1. The lowest BCUT2D eigenvalue weighted by Crippen LogP contribution is -1.98. The molecule has 0 spiro atoms. The average molecular weight is 248 g/mol. The van der Waals surface area contributed by atoms with Crippen molar-refractivity contribution in [1.29, 1.82) is 0 Å². The summed E-state index contributed by atoms with van der Waals surface area (Å²) in [7, 11) is 0. The molecule has 1 aromatic carbocycles. The Balaban J connectivity index is 2.23. The second-order valence-corrected chi connectivity index (χ2v) is 4.75. The summed E-state index contributed by atoms with van der Waals surface area (Å²) < 4.78 is 0. The van der Waals surface area contributed by atoms with E-state index in [2.05, 4.69) is 16.9 Å². The van der Waals surface area contributed by atoms with E-state index in [0.717, 1.165) is 17.0 Å². The number of nitrogens with one attached hydrogen (secondary N) is 1. The molecule has 2 N–H and O–H groups in total. The number of rotatable bonds is 4. The van der Waals surface area contributed by atoms with Gasteiger partial charge in [0.05, 0.1) is 11.9 Å². The molecule has 0 aliphatic rings. The molecule has 0 radical (unpaired) electrons. The van der Waals surface area contributed by atoms with Crippen LogP contribution in [0, 0.1) is 0 Å². The van der Waals surface area contributed by atoms with E-state index in [4.69, 9.17) is 5.11 Å². The first-order valence-electron chi connectivity index (χ1n) is 5.22. The summed E-state index contributed by atoms with van der Waals surface area (Å²) in [5.41, 5.74) is 1.65. The number of nitrogens with zero attached hydrogens (tertiary/aromatic N) is 1. The second-order valence-electron chi connectivity index (χ2n) is 3.41. The van der Waals surface area contributed by atoms with Crippen molar-refractivity contribution >= 4 is 17.7 Å². The lowest BCUT2D eigenvalue weighted by molar-refractivity contribution is 0.0685. The quantitative estimate of drug-likeness (QED) is 0.816. The number of hydrogen-bond acceptors (Lipinski definition) is 3. The van der Waals surface area contributed by atoms with E-state index in [0.29, 0.717) is 0 Å². The number of benzene rings is 1. The number of carbonyl (C=O) groups is 1. The van der Waals surface area contributed by atoms with Crippen molar-refractivity contribution in [1.82, 2.24) is 9.97 Å². The van der Waals surface area contributed by atoms with E-state index in [1.807, 2.05) is 24.3 Å². The molecule has 0 saturated carbocycles. The normalized spacial score (nSPS) is 10.4. The third kappa shape index (κ3) is 2.68. The van der Waals surface area contributed by atoms with Gasteiger partial charge in [-0.3, -0.25) is 0 Å². The molecule has 0 amide bonds. The van der Waals surface area contributed by atoms with Crippen LogP contribution in [0.15, 0.2) is 35.4 Å². The van der Waals surface area contributed by atoms with Crippen LogP contribution in [-0.4, -0.2) is 26.8 Å². The standard InChI is InChI=1S/C12H12N2O2S/c1-2-17-9-5-3-8(4-6-9)10-7-13-11(14-10)12(15)16/h3-7H,2H2,1H3,(H,13,14)(H,15,16). The summed E-state index contributed by atoms with van der Waals surface area (Å²) in [6.07, 6.45) is 1.53.